The van der Waals surface area contributed by atoms with E-state index in [9.17, 15) is 4.79 Å². The standard InChI is InChI=1S/C8H12N2O2S/c1-3-5-10-7(9)6(13-5)8(11)12-4-2/h3-4,9H2,1-2H3. The molecular weight excluding hydrogens is 188 g/mol. The van der Waals surface area contributed by atoms with Crippen molar-refractivity contribution in [2.45, 2.75) is 20.3 Å². The van der Waals surface area contributed by atoms with Gasteiger partial charge in [-0.2, -0.15) is 0 Å². The second-order valence-corrected chi connectivity index (χ2v) is 3.48. The summed E-state index contributed by atoms with van der Waals surface area (Å²) in [5, 5.41) is 0.862. The fraction of sp³-hybridized carbons (Fsp3) is 0.500. The number of anilines is 1. The number of rotatable bonds is 3. The monoisotopic (exact) mass is 200 g/mol. The summed E-state index contributed by atoms with van der Waals surface area (Å²) in [6, 6.07) is 0. The molecule has 0 saturated heterocycles. The van der Waals surface area contributed by atoms with Crippen molar-refractivity contribution >= 4 is 23.1 Å². The number of esters is 1. The molecule has 0 radical (unpaired) electrons. The molecule has 1 aromatic heterocycles. The number of hydrogen-bond acceptors (Lipinski definition) is 5. The van der Waals surface area contributed by atoms with Crippen LogP contribution in [-0.4, -0.2) is 17.6 Å². The summed E-state index contributed by atoms with van der Waals surface area (Å²) in [4.78, 5) is 15.7. The van der Waals surface area contributed by atoms with Crippen LogP contribution in [-0.2, 0) is 11.2 Å². The van der Waals surface area contributed by atoms with Gasteiger partial charge >= 0.3 is 5.97 Å². The van der Waals surface area contributed by atoms with Crippen molar-refractivity contribution in [3.63, 3.8) is 0 Å². The molecule has 0 unspecified atom stereocenters. The summed E-state index contributed by atoms with van der Waals surface area (Å²) in [7, 11) is 0. The lowest BCUT2D eigenvalue weighted by atomic mass is 10.5. The molecule has 0 spiro atoms. The van der Waals surface area contributed by atoms with Crippen molar-refractivity contribution in [2.24, 2.45) is 0 Å². The van der Waals surface area contributed by atoms with Crippen LogP contribution in [0.1, 0.15) is 28.5 Å². The van der Waals surface area contributed by atoms with E-state index in [0.717, 1.165) is 11.4 Å². The molecule has 0 bridgehead atoms. The van der Waals surface area contributed by atoms with E-state index in [0.29, 0.717) is 11.5 Å². The van der Waals surface area contributed by atoms with E-state index >= 15 is 0 Å². The minimum absolute atomic E-state index is 0.278. The molecule has 0 aliphatic rings. The second-order valence-electron chi connectivity index (χ2n) is 2.40. The summed E-state index contributed by atoms with van der Waals surface area (Å²) in [6.45, 7) is 4.08. The van der Waals surface area contributed by atoms with Gasteiger partial charge in [-0.1, -0.05) is 6.92 Å². The smallest absolute Gasteiger partial charge is 0.352 e. The average molecular weight is 200 g/mol. The van der Waals surface area contributed by atoms with Gasteiger partial charge in [-0.15, -0.1) is 11.3 Å². The first-order valence-corrected chi connectivity index (χ1v) is 4.93. The first kappa shape index (κ1) is 9.98. The maximum atomic E-state index is 11.3. The molecule has 0 saturated carbocycles. The van der Waals surface area contributed by atoms with Crippen LogP contribution in [0.25, 0.3) is 0 Å². The number of hydrogen-bond donors (Lipinski definition) is 1. The van der Waals surface area contributed by atoms with E-state index in [1.165, 1.54) is 11.3 Å². The summed E-state index contributed by atoms with van der Waals surface area (Å²) < 4.78 is 4.82. The van der Waals surface area contributed by atoms with E-state index in [1.807, 2.05) is 6.92 Å². The largest absolute Gasteiger partial charge is 0.462 e. The molecule has 0 aromatic carbocycles. The Kier molecular flexibility index (Phi) is 3.25. The molecule has 0 aliphatic carbocycles. The maximum absolute atomic E-state index is 11.3. The van der Waals surface area contributed by atoms with Gasteiger partial charge in [0.05, 0.1) is 11.6 Å². The quantitative estimate of drug-likeness (QED) is 0.750. The number of aryl methyl sites for hydroxylation is 1. The zero-order valence-corrected chi connectivity index (χ0v) is 8.48. The normalized spacial score (nSPS) is 10.0. The number of carbonyl (C=O) groups excluding carboxylic acids is 1. The lowest BCUT2D eigenvalue weighted by Crippen LogP contribution is -2.05. The average Bonchev–Trinajstić information content (AvgIpc) is 2.47. The van der Waals surface area contributed by atoms with Gasteiger partial charge in [0, 0.05) is 0 Å². The molecule has 0 amide bonds. The number of ether oxygens (including phenoxy) is 1. The first-order valence-electron chi connectivity index (χ1n) is 4.11. The summed E-state index contributed by atoms with van der Waals surface area (Å²) in [5.41, 5.74) is 5.55. The Labute approximate surface area is 80.7 Å². The minimum atomic E-state index is -0.378. The van der Waals surface area contributed by atoms with Crippen LogP contribution in [0.15, 0.2) is 0 Å². The van der Waals surface area contributed by atoms with Crippen LogP contribution in [0.5, 0.6) is 0 Å². The Bertz CT molecular complexity index is 309. The first-order chi connectivity index (χ1) is 6.19. The highest BCUT2D eigenvalue weighted by atomic mass is 32.1. The van der Waals surface area contributed by atoms with Crippen LogP contribution < -0.4 is 5.73 Å². The van der Waals surface area contributed by atoms with Crippen LogP contribution in [0.4, 0.5) is 5.82 Å². The molecule has 1 aromatic rings. The van der Waals surface area contributed by atoms with Crippen molar-refractivity contribution < 1.29 is 9.53 Å². The second kappa shape index (κ2) is 4.23. The van der Waals surface area contributed by atoms with E-state index < -0.39 is 0 Å². The van der Waals surface area contributed by atoms with Gasteiger partial charge in [-0.05, 0) is 13.3 Å². The van der Waals surface area contributed by atoms with Gasteiger partial charge in [0.15, 0.2) is 4.88 Å². The van der Waals surface area contributed by atoms with Crippen LogP contribution >= 0.6 is 11.3 Å². The molecule has 13 heavy (non-hydrogen) atoms. The Hall–Kier alpha value is -1.10. The number of nitrogen functional groups attached to an aromatic ring is 1. The van der Waals surface area contributed by atoms with Gasteiger partial charge in [0.1, 0.15) is 5.82 Å². The van der Waals surface area contributed by atoms with E-state index in [4.69, 9.17) is 10.5 Å². The minimum Gasteiger partial charge on any atom is -0.462 e. The maximum Gasteiger partial charge on any atom is 0.352 e. The molecule has 2 N–H and O–H groups in total. The predicted octanol–water partition coefficient (Wildman–Crippen LogP) is 1.46. The summed E-state index contributed by atoms with van der Waals surface area (Å²) in [6.07, 6.45) is 0.786. The Morgan fingerprint density at radius 1 is 1.62 bits per heavy atom. The Balaban J connectivity index is 2.87. The van der Waals surface area contributed by atoms with Gasteiger partial charge in [-0.25, -0.2) is 9.78 Å². The molecule has 0 aliphatic heterocycles. The van der Waals surface area contributed by atoms with Crippen molar-refractivity contribution in [3.8, 4) is 0 Å². The van der Waals surface area contributed by atoms with E-state index in [1.54, 1.807) is 6.92 Å². The van der Waals surface area contributed by atoms with Crippen molar-refractivity contribution in [2.75, 3.05) is 12.3 Å². The lowest BCUT2D eigenvalue weighted by molar-refractivity contribution is 0.0533. The molecular formula is C8H12N2O2S. The van der Waals surface area contributed by atoms with E-state index in [2.05, 4.69) is 4.98 Å². The molecule has 1 heterocycles. The summed E-state index contributed by atoms with van der Waals surface area (Å²) in [5.74, 6) is -0.0995. The van der Waals surface area contributed by atoms with Crippen LogP contribution in [0.3, 0.4) is 0 Å². The molecule has 4 nitrogen and oxygen atoms in total. The number of thiazole rings is 1. The van der Waals surface area contributed by atoms with Gasteiger partial charge in [0.25, 0.3) is 0 Å². The van der Waals surface area contributed by atoms with Crippen molar-refractivity contribution in [1.29, 1.82) is 0 Å². The summed E-state index contributed by atoms with van der Waals surface area (Å²) >= 11 is 1.30. The topological polar surface area (TPSA) is 65.2 Å². The number of nitrogens with two attached hydrogens (primary N) is 1. The van der Waals surface area contributed by atoms with Gasteiger partial charge in [0.2, 0.25) is 0 Å². The SMILES string of the molecule is CCOC(=O)c1sc(CC)nc1N. The third-order valence-corrected chi connectivity index (χ3v) is 2.66. The fourth-order valence-electron chi connectivity index (χ4n) is 0.872. The molecule has 0 atom stereocenters. The van der Waals surface area contributed by atoms with Crippen molar-refractivity contribution in [1.82, 2.24) is 4.98 Å². The highest BCUT2D eigenvalue weighted by Crippen LogP contribution is 2.21. The molecule has 5 heteroatoms. The molecule has 1 rings (SSSR count). The third-order valence-electron chi connectivity index (χ3n) is 1.46. The van der Waals surface area contributed by atoms with Crippen LogP contribution in [0, 0.1) is 0 Å². The highest BCUT2D eigenvalue weighted by Gasteiger charge is 2.15. The van der Waals surface area contributed by atoms with Gasteiger partial charge < -0.3 is 10.5 Å². The number of aromatic nitrogens is 1. The zero-order chi connectivity index (χ0) is 9.84. The molecule has 72 valence electrons. The predicted molar refractivity (Wildman–Crippen MR) is 51.9 cm³/mol. The Morgan fingerprint density at radius 2 is 2.31 bits per heavy atom. The van der Waals surface area contributed by atoms with Crippen molar-refractivity contribution in [3.05, 3.63) is 9.88 Å². The zero-order valence-electron chi connectivity index (χ0n) is 7.66. The van der Waals surface area contributed by atoms with E-state index in [-0.39, 0.29) is 11.8 Å². The van der Waals surface area contributed by atoms with Crippen LogP contribution in [0.2, 0.25) is 0 Å². The lowest BCUT2D eigenvalue weighted by Gasteiger charge is -1.97. The van der Waals surface area contributed by atoms with Gasteiger partial charge in [-0.3, -0.25) is 0 Å². The fourth-order valence-corrected chi connectivity index (χ4v) is 1.69. The highest BCUT2D eigenvalue weighted by molar-refractivity contribution is 7.14. The number of carbonyl (C=O) groups is 1. The molecule has 0 fully saturated rings. The Morgan fingerprint density at radius 3 is 2.77 bits per heavy atom. The third kappa shape index (κ3) is 2.18. The number of nitrogens with zero attached hydrogens (tertiary/aromatic N) is 1.